The van der Waals surface area contributed by atoms with E-state index in [1.807, 2.05) is 11.3 Å². The topological polar surface area (TPSA) is 36.4 Å². The van der Waals surface area contributed by atoms with Crippen LogP contribution < -0.4 is 10.6 Å². The average molecular weight is 393 g/mol. The fourth-order valence-electron chi connectivity index (χ4n) is 1.68. The molecule has 1 fully saturated rings. The van der Waals surface area contributed by atoms with E-state index in [4.69, 9.17) is 0 Å². The Morgan fingerprint density at radius 2 is 2.32 bits per heavy atom. The summed E-state index contributed by atoms with van der Waals surface area (Å²) in [6.07, 6.45) is 6.04. The van der Waals surface area contributed by atoms with E-state index in [0.717, 1.165) is 25.5 Å². The third-order valence-corrected chi connectivity index (χ3v) is 3.88. The molecular weight excluding hydrogens is 369 g/mol. The van der Waals surface area contributed by atoms with Gasteiger partial charge in [-0.3, -0.25) is 4.99 Å². The molecule has 1 aliphatic rings. The average Bonchev–Trinajstić information content (AvgIpc) is 3.03. The molecule has 1 aliphatic carbocycles. The summed E-state index contributed by atoms with van der Waals surface area (Å²) in [4.78, 5) is 6.04. The van der Waals surface area contributed by atoms with Crippen molar-refractivity contribution in [2.75, 3.05) is 13.1 Å². The number of nitrogens with one attached hydrogen (secondary N) is 2. The number of nitrogens with zero attached hydrogens (tertiary/aromatic N) is 1. The molecule has 1 saturated carbocycles. The van der Waals surface area contributed by atoms with Gasteiger partial charge in [0.25, 0.3) is 0 Å². The summed E-state index contributed by atoms with van der Waals surface area (Å²) in [5.74, 6) is 1.00. The van der Waals surface area contributed by atoms with Gasteiger partial charge < -0.3 is 10.6 Å². The largest absolute Gasteiger partial charge is 0.356 e. The highest BCUT2D eigenvalue weighted by atomic mass is 127. The van der Waals surface area contributed by atoms with Gasteiger partial charge >= 0.3 is 0 Å². The first-order chi connectivity index (χ1) is 8.88. The molecular formula is C14H24IN3S. The van der Waals surface area contributed by atoms with Crippen LogP contribution in [0.3, 0.4) is 0 Å². The number of aliphatic imine (C=N–C) groups is 1. The van der Waals surface area contributed by atoms with E-state index in [1.165, 1.54) is 30.6 Å². The van der Waals surface area contributed by atoms with Gasteiger partial charge in [-0.25, -0.2) is 0 Å². The lowest BCUT2D eigenvalue weighted by atomic mass is 10.3. The SMILES string of the molecule is CCCCN=C(NCCc1cccs1)NC1CC1.I. The number of unbranched alkanes of at least 4 members (excludes halogenated alkanes) is 1. The molecule has 108 valence electrons. The second kappa shape index (κ2) is 9.58. The maximum atomic E-state index is 4.61. The molecule has 0 aromatic carbocycles. The molecule has 0 amide bonds. The third-order valence-electron chi connectivity index (χ3n) is 2.94. The first-order valence-corrected chi connectivity index (χ1v) is 7.83. The van der Waals surface area contributed by atoms with Crippen LogP contribution in [0.15, 0.2) is 22.5 Å². The van der Waals surface area contributed by atoms with E-state index in [0.29, 0.717) is 6.04 Å². The number of hydrogen-bond acceptors (Lipinski definition) is 2. The molecule has 1 aromatic heterocycles. The van der Waals surface area contributed by atoms with Crippen LogP contribution in [-0.4, -0.2) is 25.1 Å². The van der Waals surface area contributed by atoms with Crippen LogP contribution in [0.25, 0.3) is 0 Å². The Labute approximate surface area is 137 Å². The lowest BCUT2D eigenvalue weighted by Crippen LogP contribution is -2.39. The quantitative estimate of drug-likeness (QED) is 0.322. The van der Waals surface area contributed by atoms with Gasteiger partial charge in [-0.05, 0) is 37.1 Å². The highest BCUT2D eigenvalue weighted by molar-refractivity contribution is 14.0. The van der Waals surface area contributed by atoms with Crippen molar-refractivity contribution in [2.24, 2.45) is 4.99 Å². The lowest BCUT2D eigenvalue weighted by molar-refractivity contribution is 0.759. The minimum Gasteiger partial charge on any atom is -0.356 e. The van der Waals surface area contributed by atoms with Gasteiger partial charge in [0.05, 0.1) is 0 Å². The first kappa shape index (κ1) is 16.8. The van der Waals surface area contributed by atoms with Crippen molar-refractivity contribution in [3.8, 4) is 0 Å². The number of thiophene rings is 1. The molecule has 0 aliphatic heterocycles. The van der Waals surface area contributed by atoms with E-state index in [-0.39, 0.29) is 24.0 Å². The molecule has 3 nitrogen and oxygen atoms in total. The maximum Gasteiger partial charge on any atom is 0.191 e. The highest BCUT2D eigenvalue weighted by Gasteiger charge is 2.22. The number of halogens is 1. The second-order valence-corrected chi connectivity index (χ2v) is 5.79. The summed E-state index contributed by atoms with van der Waals surface area (Å²) in [6.45, 7) is 4.09. The van der Waals surface area contributed by atoms with Crippen LogP contribution in [-0.2, 0) is 6.42 Å². The molecule has 0 bridgehead atoms. The molecule has 1 heterocycles. The van der Waals surface area contributed by atoms with Gasteiger partial charge in [0.1, 0.15) is 0 Å². The predicted molar refractivity (Wildman–Crippen MR) is 94.8 cm³/mol. The van der Waals surface area contributed by atoms with E-state index in [9.17, 15) is 0 Å². The zero-order valence-corrected chi connectivity index (χ0v) is 14.7. The van der Waals surface area contributed by atoms with Gasteiger partial charge in [0.2, 0.25) is 0 Å². The first-order valence-electron chi connectivity index (χ1n) is 6.95. The maximum absolute atomic E-state index is 4.61. The second-order valence-electron chi connectivity index (χ2n) is 4.76. The molecule has 0 radical (unpaired) electrons. The van der Waals surface area contributed by atoms with Crippen molar-refractivity contribution in [2.45, 2.75) is 45.1 Å². The van der Waals surface area contributed by atoms with Gasteiger partial charge in [-0.1, -0.05) is 19.4 Å². The van der Waals surface area contributed by atoms with Crippen LogP contribution in [0.1, 0.15) is 37.5 Å². The van der Waals surface area contributed by atoms with E-state index in [1.54, 1.807) is 0 Å². The Morgan fingerprint density at radius 3 is 2.95 bits per heavy atom. The molecule has 0 spiro atoms. The van der Waals surface area contributed by atoms with Gasteiger partial charge in [0.15, 0.2) is 5.96 Å². The third kappa shape index (κ3) is 7.15. The van der Waals surface area contributed by atoms with Crippen LogP contribution in [0.4, 0.5) is 0 Å². The Kier molecular flexibility index (Phi) is 8.45. The molecule has 0 unspecified atom stereocenters. The van der Waals surface area contributed by atoms with E-state index < -0.39 is 0 Å². The highest BCUT2D eigenvalue weighted by Crippen LogP contribution is 2.18. The van der Waals surface area contributed by atoms with Crippen LogP contribution >= 0.6 is 35.3 Å². The van der Waals surface area contributed by atoms with Gasteiger partial charge in [0, 0.05) is 24.0 Å². The van der Waals surface area contributed by atoms with Crippen molar-refractivity contribution < 1.29 is 0 Å². The Hall–Kier alpha value is -0.300. The molecule has 0 atom stereocenters. The molecule has 19 heavy (non-hydrogen) atoms. The summed E-state index contributed by atoms with van der Waals surface area (Å²) >= 11 is 1.82. The zero-order valence-electron chi connectivity index (χ0n) is 11.5. The van der Waals surface area contributed by atoms with E-state index in [2.05, 4.69) is 40.1 Å². The summed E-state index contributed by atoms with van der Waals surface area (Å²) in [7, 11) is 0. The van der Waals surface area contributed by atoms with Crippen molar-refractivity contribution >= 4 is 41.3 Å². The fraction of sp³-hybridized carbons (Fsp3) is 0.643. The minimum absolute atomic E-state index is 0. The normalized spacial score (nSPS) is 14.9. The molecule has 2 rings (SSSR count). The monoisotopic (exact) mass is 393 g/mol. The number of guanidine groups is 1. The summed E-state index contributed by atoms with van der Waals surface area (Å²) in [5, 5.41) is 9.04. The number of rotatable bonds is 7. The Balaban J connectivity index is 0.00000180. The summed E-state index contributed by atoms with van der Waals surface area (Å²) < 4.78 is 0. The van der Waals surface area contributed by atoms with Crippen LogP contribution in [0.5, 0.6) is 0 Å². The molecule has 0 saturated heterocycles. The van der Waals surface area contributed by atoms with Crippen molar-refractivity contribution in [1.29, 1.82) is 0 Å². The standard InChI is InChI=1S/C14H23N3S.HI/c1-2-3-9-15-14(17-12-6-7-12)16-10-8-13-5-4-11-18-13;/h4-5,11-12H,2-3,6-10H2,1H3,(H2,15,16,17);1H. The molecule has 2 N–H and O–H groups in total. The number of hydrogen-bond donors (Lipinski definition) is 2. The lowest BCUT2D eigenvalue weighted by Gasteiger charge is -2.11. The summed E-state index contributed by atoms with van der Waals surface area (Å²) in [6, 6.07) is 4.97. The van der Waals surface area contributed by atoms with Crippen molar-refractivity contribution in [3.63, 3.8) is 0 Å². The predicted octanol–water partition coefficient (Wildman–Crippen LogP) is 3.41. The minimum atomic E-state index is 0. The van der Waals surface area contributed by atoms with Crippen LogP contribution in [0.2, 0.25) is 0 Å². The van der Waals surface area contributed by atoms with Crippen molar-refractivity contribution in [3.05, 3.63) is 22.4 Å². The smallest absolute Gasteiger partial charge is 0.191 e. The van der Waals surface area contributed by atoms with E-state index >= 15 is 0 Å². The summed E-state index contributed by atoms with van der Waals surface area (Å²) in [5.41, 5.74) is 0. The molecule has 5 heteroatoms. The molecule has 1 aromatic rings. The Bertz CT molecular complexity index is 361. The fourth-order valence-corrected chi connectivity index (χ4v) is 2.39. The van der Waals surface area contributed by atoms with Crippen LogP contribution in [0, 0.1) is 0 Å². The Morgan fingerprint density at radius 1 is 1.47 bits per heavy atom. The van der Waals surface area contributed by atoms with Gasteiger partial charge in [-0.2, -0.15) is 0 Å². The van der Waals surface area contributed by atoms with Gasteiger partial charge in [-0.15, -0.1) is 35.3 Å². The van der Waals surface area contributed by atoms with Crippen molar-refractivity contribution in [1.82, 2.24) is 10.6 Å². The zero-order chi connectivity index (χ0) is 12.6.